The van der Waals surface area contributed by atoms with Crippen LogP contribution in [-0.2, 0) is 11.3 Å². The van der Waals surface area contributed by atoms with Gasteiger partial charge in [-0.3, -0.25) is 4.98 Å². The van der Waals surface area contributed by atoms with E-state index in [1.54, 1.807) is 7.11 Å². The molecule has 0 amide bonds. The van der Waals surface area contributed by atoms with E-state index in [2.05, 4.69) is 4.98 Å². The number of aromatic nitrogens is 1. The van der Waals surface area contributed by atoms with Gasteiger partial charge in [0.15, 0.2) is 0 Å². The maximum atomic E-state index is 5.65. The van der Waals surface area contributed by atoms with Gasteiger partial charge in [0.2, 0.25) is 0 Å². The van der Waals surface area contributed by atoms with Crippen molar-refractivity contribution in [1.82, 2.24) is 4.98 Å². The Labute approximate surface area is 90.4 Å². The second kappa shape index (κ2) is 5.68. The van der Waals surface area contributed by atoms with E-state index in [1.807, 2.05) is 19.9 Å². The van der Waals surface area contributed by atoms with Crippen molar-refractivity contribution in [2.75, 3.05) is 20.3 Å². The number of methoxy groups -OCH3 is 1. The molecule has 0 unspecified atom stereocenters. The lowest BCUT2D eigenvalue weighted by Crippen LogP contribution is -2.10. The van der Waals surface area contributed by atoms with Crippen molar-refractivity contribution >= 4 is 0 Å². The monoisotopic (exact) mass is 210 g/mol. The minimum absolute atomic E-state index is 0.446. The topological polar surface area (TPSA) is 57.4 Å². The Bertz CT molecular complexity index is 327. The van der Waals surface area contributed by atoms with E-state index in [0.29, 0.717) is 19.8 Å². The predicted molar refractivity (Wildman–Crippen MR) is 59.0 cm³/mol. The maximum absolute atomic E-state index is 5.65. The summed E-state index contributed by atoms with van der Waals surface area (Å²) >= 11 is 0. The third kappa shape index (κ3) is 3.18. The Morgan fingerprint density at radius 1 is 1.33 bits per heavy atom. The van der Waals surface area contributed by atoms with Crippen molar-refractivity contribution in [3.05, 3.63) is 23.0 Å². The first-order chi connectivity index (χ1) is 7.19. The number of hydrogen-bond donors (Lipinski definition) is 1. The van der Waals surface area contributed by atoms with E-state index >= 15 is 0 Å². The molecular weight excluding hydrogens is 192 g/mol. The molecule has 84 valence electrons. The largest absolute Gasteiger partial charge is 0.491 e. The van der Waals surface area contributed by atoms with E-state index in [9.17, 15) is 0 Å². The van der Waals surface area contributed by atoms with E-state index < -0.39 is 0 Å². The van der Waals surface area contributed by atoms with Gasteiger partial charge in [-0.2, -0.15) is 0 Å². The molecule has 4 nitrogen and oxygen atoms in total. The van der Waals surface area contributed by atoms with Crippen molar-refractivity contribution < 1.29 is 9.47 Å². The summed E-state index contributed by atoms with van der Waals surface area (Å²) in [5.41, 5.74) is 8.50. The van der Waals surface area contributed by atoms with Gasteiger partial charge in [0.25, 0.3) is 0 Å². The lowest BCUT2D eigenvalue weighted by Gasteiger charge is -2.12. The number of aryl methyl sites for hydroxylation is 2. The highest BCUT2D eigenvalue weighted by molar-refractivity contribution is 5.37. The predicted octanol–water partition coefficient (Wildman–Crippen LogP) is 1.18. The minimum atomic E-state index is 0.446. The van der Waals surface area contributed by atoms with Gasteiger partial charge in [-0.1, -0.05) is 0 Å². The first-order valence-corrected chi connectivity index (χ1v) is 4.98. The van der Waals surface area contributed by atoms with Crippen LogP contribution in [0.4, 0.5) is 0 Å². The summed E-state index contributed by atoms with van der Waals surface area (Å²) in [6, 6.07) is 1.91. The highest BCUT2D eigenvalue weighted by Crippen LogP contribution is 2.21. The normalized spacial score (nSPS) is 10.4. The summed E-state index contributed by atoms with van der Waals surface area (Å²) in [5, 5.41) is 0. The van der Waals surface area contributed by atoms with Crippen LogP contribution in [0, 0.1) is 13.8 Å². The SMILES string of the molecule is COCCOc1cc(C)nc(C)c1CN. The second-order valence-corrected chi connectivity index (χ2v) is 3.37. The molecule has 0 radical (unpaired) electrons. The molecule has 0 bridgehead atoms. The average Bonchev–Trinajstić information content (AvgIpc) is 2.17. The standard InChI is InChI=1S/C11H18N2O2/c1-8-6-11(15-5-4-14-3)10(7-12)9(2)13-8/h6H,4-5,7,12H2,1-3H3. The van der Waals surface area contributed by atoms with Crippen molar-refractivity contribution in [2.24, 2.45) is 5.73 Å². The highest BCUT2D eigenvalue weighted by Gasteiger charge is 2.07. The summed E-state index contributed by atoms with van der Waals surface area (Å²) in [6.45, 7) is 5.44. The fraction of sp³-hybridized carbons (Fsp3) is 0.545. The molecule has 1 heterocycles. The first kappa shape index (κ1) is 11.9. The van der Waals surface area contributed by atoms with Crippen LogP contribution in [0.5, 0.6) is 5.75 Å². The Morgan fingerprint density at radius 2 is 2.07 bits per heavy atom. The van der Waals surface area contributed by atoms with Gasteiger partial charge in [0, 0.05) is 36.7 Å². The van der Waals surface area contributed by atoms with Crippen LogP contribution in [0.15, 0.2) is 6.07 Å². The fourth-order valence-corrected chi connectivity index (χ4v) is 1.43. The Kier molecular flexibility index (Phi) is 4.52. The second-order valence-electron chi connectivity index (χ2n) is 3.37. The average molecular weight is 210 g/mol. The number of nitrogens with two attached hydrogens (primary N) is 1. The zero-order valence-corrected chi connectivity index (χ0v) is 9.54. The van der Waals surface area contributed by atoms with Crippen LogP contribution in [-0.4, -0.2) is 25.3 Å². The lowest BCUT2D eigenvalue weighted by molar-refractivity contribution is 0.145. The zero-order chi connectivity index (χ0) is 11.3. The van der Waals surface area contributed by atoms with Gasteiger partial charge in [0.05, 0.1) is 6.61 Å². The molecule has 0 saturated carbocycles. The quantitative estimate of drug-likeness (QED) is 0.741. The highest BCUT2D eigenvalue weighted by atomic mass is 16.5. The molecule has 0 atom stereocenters. The number of ether oxygens (including phenoxy) is 2. The Hall–Kier alpha value is -1.13. The molecule has 0 fully saturated rings. The van der Waals surface area contributed by atoms with Crippen molar-refractivity contribution in [1.29, 1.82) is 0 Å². The van der Waals surface area contributed by atoms with Crippen molar-refractivity contribution in [3.8, 4) is 5.75 Å². The molecule has 0 aliphatic carbocycles. The summed E-state index contributed by atoms with van der Waals surface area (Å²) in [7, 11) is 1.65. The lowest BCUT2D eigenvalue weighted by atomic mass is 10.1. The summed E-state index contributed by atoms with van der Waals surface area (Å²) in [5.74, 6) is 0.819. The molecule has 2 N–H and O–H groups in total. The van der Waals surface area contributed by atoms with Gasteiger partial charge < -0.3 is 15.2 Å². The van der Waals surface area contributed by atoms with Crippen LogP contribution >= 0.6 is 0 Å². The van der Waals surface area contributed by atoms with Crippen LogP contribution in [0.3, 0.4) is 0 Å². The van der Waals surface area contributed by atoms with Gasteiger partial charge in [-0.15, -0.1) is 0 Å². The van der Waals surface area contributed by atoms with E-state index in [4.69, 9.17) is 15.2 Å². The molecular formula is C11H18N2O2. The Morgan fingerprint density at radius 3 is 2.67 bits per heavy atom. The molecule has 4 heteroatoms. The van der Waals surface area contributed by atoms with Crippen LogP contribution in [0.2, 0.25) is 0 Å². The Balaban J connectivity index is 2.84. The van der Waals surface area contributed by atoms with E-state index in [-0.39, 0.29) is 0 Å². The maximum Gasteiger partial charge on any atom is 0.127 e. The fourth-order valence-electron chi connectivity index (χ4n) is 1.43. The van der Waals surface area contributed by atoms with Crippen LogP contribution in [0.1, 0.15) is 17.0 Å². The third-order valence-electron chi connectivity index (χ3n) is 2.17. The summed E-state index contributed by atoms with van der Waals surface area (Å²) < 4.78 is 10.5. The number of rotatable bonds is 5. The first-order valence-electron chi connectivity index (χ1n) is 4.98. The van der Waals surface area contributed by atoms with Gasteiger partial charge in [-0.25, -0.2) is 0 Å². The van der Waals surface area contributed by atoms with Crippen LogP contribution in [0.25, 0.3) is 0 Å². The number of hydrogen-bond acceptors (Lipinski definition) is 4. The molecule has 1 aromatic heterocycles. The zero-order valence-electron chi connectivity index (χ0n) is 9.54. The molecule has 0 spiro atoms. The smallest absolute Gasteiger partial charge is 0.127 e. The molecule has 0 saturated heterocycles. The van der Waals surface area contributed by atoms with Gasteiger partial charge in [0.1, 0.15) is 12.4 Å². The van der Waals surface area contributed by atoms with Crippen LogP contribution < -0.4 is 10.5 Å². The molecule has 0 aromatic carbocycles. The summed E-state index contributed by atoms with van der Waals surface area (Å²) in [6.07, 6.45) is 0. The molecule has 1 aromatic rings. The third-order valence-corrected chi connectivity index (χ3v) is 2.17. The number of pyridine rings is 1. The van der Waals surface area contributed by atoms with E-state index in [1.165, 1.54) is 0 Å². The molecule has 0 aliphatic heterocycles. The van der Waals surface area contributed by atoms with Gasteiger partial charge >= 0.3 is 0 Å². The minimum Gasteiger partial charge on any atom is -0.491 e. The van der Waals surface area contributed by atoms with Crippen molar-refractivity contribution in [3.63, 3.8) is 0 Å². The van der Waals surface area contributed by atoms with Gasteiger partial charge in [-0.05, 0) is 13.8 Å². The molecule has 1 rings (SSSR count). The number of nitrogens with zero attached hydrogens (tertiary/aromatic N) is 1. The summed E-state index contributed by atoms with van der Waals surface area (Å²) in [4.78, 5) is 4.34. The van der Waals surface area contributed by atoms with Crippen molar-refractivity contribution in [2.45, 2.75) is 20.4 Å². The molecule has 0 aliphatic rings. The molecule has 15 heavy (non-hydrogen) atoms. The van der Waals surface area contributed by atoms with E-state index in [0.717, 1.165) is 22.7 Å².